The van der Waals surface area contributed by atoms with Crippen molar-refractivity contribution in [2.45, 2.75) is 76.0 Å². The molecule has 3 amide bonds. The molecule has 0 unspecified atom stereocenters. The van der Waals surface area contributed by atoms with Gasteiger partial charge in [-0.15, -0.1) is 0 Å². The molecule has 0 aromatic heterocycles. The molecule has 0 aliphatic heterocycles. The van der Waals surface area contributed by atoms with Gasteiger partial charge in [0.2, 0.25) is 17.7 Å². The van der Waals surface area contributed by atoms with Crippen molar-refractivity contribution < 1.29 is 29.4 Å². The van der Waals surface area contributed by atoms with Crippen molar-refractivity contribution in [2.75, 3.05) is 13.1 Å². The van der Waals surface area contributed by atoms with Crippen LogP contribution in [0.4, 0.5) is 0 Å². The van der Waals surface area contributed by atoms with Gasteiger partial charge in [-0.3, -0.25) is 14.4 Å². The SMILES string of the molecule is C[C@H](NC(=O)[C@@H](N)CCCCN)C(=O)N[C@@H](Cc1ccc(O)cc1)C(=O)N[C@@H](CCCCN)C(=O)O. The average Bonchev–Trinajstić information content (AvgIpc) is 2.84. The van der Waals surface area contributed by atoms with E-state index in [2.05, 4.69) is 16.0 Å². The molecule has 12 nitrogen and oxygen atoms in total. The van der Waals surface area contributed by atoms with E-state index in [1.165, 1.54) is 19.1 Å². The van der Waals surface area contributed by atoms with E-state index in [1.807, 2.05) is 0 Å². The number of carboxylic acid groups (broad SMARTS) is 1. The Kier molecular flexibility index (Phi) is 14.1. The Bertz CT molecular complexity index is 850. The predicted molar refractivity (Wildman–Crippen MR) is 135 cm³/mol. The van der Waals surface area contributed by atoms with E-state index >= 15 is 0 Å². The molecule has 1 aromatic carbocycles. The van der Waals surface area contributed by atoms with Crippen LogP contribution in [0.2, 0.25) is 0 Å². The maximum absolute atomic E-state index is 13.0. The van der Waals surface area contributed by atoms with Crippen LogP contribution in [-0.4, -0.2) is 71.2 Å². The van der Waals surface area contributed by atoms with Crippen molar-refractivity contribution in [3.8, 4) is 5.75 Å². The smallest absolute Gasteiger partial charge is 0.326 e. The molecule has 0 saturated carbocycles. The molecule has 0 saturated heterocycles. The minimum atomic E-state index is -1.20. The minimum Gasteiger partial charge on any atom is -0.508 e. The highest BCUT2D eigenvalue weighted by atomic mass is 16.4. The van der Waals surface area contributed by atoms with Crippen LogP contribution >= 0.6 is 0 Å². The van der Waals surface area contributed by atoms with Gasteiger partial charge in [-0.2, -0.15) is 0 Å². The van der Waals surface area contributed by atoms with E-state index in [0.717, 1.165) is 6.42 Å². The van der Waals surface area contributed by atoms with E-state index in [0.29, 0.717) is 44.3 Å². The van der Waals surface area contributed by atoms with Gasteiger partial charge in [-0.1, -0.05) is 18.6 Å². The number of phenolic OH excluding ortho intramolecular Hbond substituents is 1. The molecule has 1 rings (SSSR count). The summed E-state index contributed by atoms with van der Waals surface area (Å²) in [6.45, 7) is 2.36. The highest BCUT2D eigenvalue weighted by molar-refractivity contribution is 5.94. The van der Waals surface area contributed by atoms with Crippen LogP contribution in [0.25, 0.3) is 0 Å². The van der Waals surface area contributed by atoms with Crippen molar-refractivity contribution >= 4 is 23.7 Å². The lowest BCUT2D eigenvalue weighted by Gasteiger charge is -2.24. The number of benzene rings is 1. The predicted octanol–water partition coefficient (Wildman–Crippen LogP) is -0.921. The van der Waals surface area contributed by atoms with Crippen LogP contribution in [0, 0.1) is 0 Å². The van der Waals surface area contributed by atoms with Gasteiger partial charge < -0.3 is 43.4 Å². The number of hydrogen-bond donors (Lipinski definition) is 8. The monoisotopic (exact) mass is 508 g/mol. The van der Waals surface area contributed by atoms with Gasteiger partial charge in [-0.05, 0) is 69.8 Å². The minimum absolute atomic E-state index is 0.0340. The number of aliphatic carboxylic acids is 1. The molecule has 12 heteroatoms. The first-order valence-corrected chi connectivity index (χ1v) is 12.2. The highest BCUT2D eigenvalue weighted by Gasteiger charge is 2.29. The number of nitrogens with two attached hydrogens (primary N) is 3. The molecular formula is C24H40N6O6. The van der Waals surface area contributed by atoms with Crippen LogP contribution in [0.3, 0.4) is 0 Å². The molecule has 4 atom stereocenters. The molecule has 202 valence electrons. The van der Waals surface area contributed by atoms with Crippen LogP contribution in [-0.2, 0) is 25.6 Å². The lowest BCUT2D eigenvalue weighted by Crippen LogP contribution is -2.56. The molecule has 0 bridgehead atoms. The summed E-state index contributed by atoms with van der Waals surface area (Å²) in [5.41, 5.74) is 17.4. The van der Waals surface area contributed by atoms with E-state index in [4.69, 9.17) is 17.2 Å². The number of carbonyl (C=O) groups excluding carboxylic acids is 3. The number of phenols is 1. The fourth-order valence-electron chi connectivity index (χ4n) is 3.42. The Labute approximate surface area is 211 Å². The van der Waals surface area contributed by atoms with Gasteiger partial charge in [0.15, 0.2) is 0 Å². The van der Waals surface area contributed by atoms with Gasteiger partial charge >= 0.3 is 5.97 Å². The maximum atomic E-state index is 13.0. The number of rotatable bonds is 17. The number of hydrogen-bond acceptors (Lipinski definition) is 8. The summed E-state index contributed by atoms with van der Waals surface area (Å²) in [6.07, 6.45) is 3.17. The Morgan fingerprint density at radius 2 is 1.36 bits per heavy atom. The summed E-state index contributed by atoms with van der Waals surface area (Å²) in [4.78, 5) is 49.8. The summed E-state index contributed by atoms with van der Waals surface area (Å²) in [7, 11) is 0. The van der Waals surface area contributed by atoms with Gasteiger partial charge in [0.1, 0.15) is 23.9 Å². The first kappa shape index (κ1) is 30.8. The lowest BCUT2D eigenvalue weighted by molar-refractivity contribution is -0.142. The fourth-order valence-corrected chi connectivity index (χ4v) is 3.42. The molecule has 0 aliphatic carbocycles. The Hall–Kier alpha value is -3.22. The number of amides is 3. The molecule has 1 aromatic rings. The van der Waals surface area contributed by atoms with Gasteiger partial charge in [0.25, 0.3) is 0 Å². The number of carbonyl (C=O) groups is 4. The third-order valence-corrected chi connectivity index (χ3v) is 5.63. The largest absolute Gasteiger partial charge is 0.508 e. The zero-order valence-corrected chi connectivity index (χ0v) is 20.7. The van der Waals surface area contributed by atoms with Crippen molar-refractivity contribution in [3.05, 3.63) is 29.8 Å². The van der Waals surface area contributed by atoms with E-state index in [-0.39, 0.29) is 18.6 Å². The molecule has 0 spiro atoms. The third kappa shape index (κ3) is 11.5. The third-order valence-electron chi connectivity index (χ3n) is 5.63. The first-order chi connectivity index (χ1) is 17.1. The second-order valence-electron chi connectivity index (χ2n) is 8.74. The van der Waals surface area contributed by atoms with Crippen molar-refractivity contribution in [1.82, 2.24) is 16.0 Å². The molecule has 36 heavy (non-hydrogen) atoms. The topological polar surface area (TPSA) is 223 Å². The number of unbranched alkanes of at least 4 members (excludes halogenated alkanes) is 2. The number of nitrogens with one attached hydrogen (secondary N) is 3. The fraction of sp³-hybridized carbons (Fsp3) is 0.583. The van der Waals surface area contributed by atoms with Gasteiger partial charge in [0, 0.05) is 6.42 Å². The van der Waals surface area contributed by atoms with E-state index in [9.17, 15) is 29.4 Å². The molecular weight excluding hydrogens is 468 g/mol. The average molecular weight is 509 g/mol. The second kappa shape index (κ2) is 16.5. The second-order valence-corrected chi connectivity index (χ2v) is 8.74. The quantitative estimate of drug-likeness (QED) is 0.122. The standard InChI is InChI=1S/C24H40N6O6/c1-15(28-22(33)18(27)6-2-4-12-25)21(32)30-20(14-16-8-10-17(31)11-9-16)23(34)29-19(24(35)36)7-3-5-13-26/h8-11,15,18-20,31H,2-7,12-14,25-27H2,1H3,(H,28,33)(H,29,34)(H,30,32)(H,35,36)/t15-,18-,19-,20-/m0/s1. The Morgan fingerprint density at radius 1 is 0.806 bits per heavy atom. The summed E-state index contributed by atoms with van der Waals surface area (Å²) in [5.74, 6) is -2.98. The molecule has 0 radical (unpaired) electrons. The first-order valence-electron chi connectivity index (χ1n) is 12.2. The summed E-state index contributed by atoms with van der Waals surface area (Å²) in [6, 6.07) is 1.98. The van der Waals surface area contributed by atoms with Crippen LogP contribution in [0.15, 0.2) is 24.3 Å². The highest BCUT2D eigenvalue weighted by Crippen LogP contribution is 2.12. The summed E-state index contributed by atoms with van der Waals surface area (Å²) in [5, 5.41) is 26.6. The van der Waals surface area contributed by atoms with E-state index < -0.39 is 47.9 Å². The van der Waals surface area contributed by atoms with Crippen molar-refractivity contribution in [1.29, 1.82) is 0 Å². The van der Waals surface area contributed by atoms with Crippen molar-refractivity contribution in [3.63, 3.8) is 0 Å². The summed E-state index contributed by atoms with van der Waals surface area (Å²) >= 11 is 0. The zero-order chi connectivity index (χ0) is 27.1. The number of aromatic hydroxyl groups is 1. The van der Waals surface area contributed by atoms with Gasteiger partial charge in [0.05, 0.1) is 6.04 Å². The van der Waals surface area contributed by atoms with Crippen LogP contribution in [0.1, 0.15) is 51.0 Å². The number of carboxylic acids is 1. The normalized spacial score (nSPS) is 14.2. The summed E-state index contributed by atoms with van der Waals surface area (Å²) < 4.78 is 0. The van der Waals surface area contributed by atoms with Crippen LogP contribution in [0.5, 0.6) is 5.75 Å². The molecule has 0 aliphatic rings. The van der Waals surface area contributed by atoms with E-state index in [1.54, 1.807) is 12.1 Å². The Balaban J connectivity index is 2.90. The van der Waals surface area contributed by atoms with Gasteiger partial charge in [-0.25, -0.2) is 4.79 Å². The van der Waals surface area contributed by atoms with Crippen LogP contribution < -0.4 is 33.2 Å². The molecule has 0 fully saturated rings. The zero-order valence-electron chi connectivity index (χ0n) is 20.7. The molecule has 11 N–H and O–H groups in total. The van der Waals surface area contributed by atoms with Crippen molar-refractivity contribution in [2.24, 2.45) is 17.2 Å². The maximum Gasteiger partial charge on any atom is 0.326 e. The lowest BCUT2D eigenvalue weighted by atomic mass is 10.0. The Morgan fingerprint density at radius 3 is 1.92 bits per heavy atom. The molecule has 0 heterocycles.